The number of rotatable bonds is 3. The van der Waals surface area contributed by atoms with Crippen molar-refractivity contribution >= 4 is 12.2 Å². The summed E-state index contributed by atoms with van der Waals surface area (Å²) in [6, 6.07) is 20.7. The molecule has 2 aromatic rings. The molecule has 0 heterocycles. The van der Waals surface area contributed by atoms with Gasteiger partial charge in [-0.2, -0.15) is 0 Å². The highest BCUT2D eigenvalue weighted by atomic mass is 14.2. The fourth-order valence-electron chi connectivity index (χ4n) is 2.99. The van der Waals surface area contributed by atoms with E-state index in [0.717, 1.165) is 5.92 Å². The topological polar surface area (TPSA) is 0 Å². The molecule has 0 amide bonds. The van der Waals surface area contributed by atoms with E-state index in [1.54, 1.807) is 11.1 Å². The molecule has 0 spiro atoms. The van der Waals surface area contributed by atoms with Crippen LogP contribution in [0.3, 0.4) is 0 Å². The van der Waals surface area contributed by atoms with Crippen molar-refractivity contribution in [2.75, 3.05) is 0 Å². The van der Waals surface area contributed by atoms with Crippen LogP contribution in [0, 0.1) is 5.92 Å². The minimum Gasteiger partial charge on any atom is -0.0991 e. The molecule has 2 aliphatic rings. The Balaban J connectivity index is 0.000000159. The van der Waals surface area contributed by atoms with Crippen LogP contribution in [0.2, 0.25) is 0 Å². The first-order chi connectivity index (χ1) is 13.2. The Bertz CT molecular complexity index is 741. The van der Waals surface area contributed by atoms with Crippen molar-refractivity contribution in [3.63, 3.8) is 0 Å². The third-order valence-corrected chi connectivity index (χ3v) is 4.67. The fraction of sp³-hybridized carbons (Fsp3) is 0.259. The van der Waals surface area contributed by atoms with Gasteiger partial charge in [0.05, 0.1) is 0 Å². The zero-order chi connectivity index (χ0) is 19.3. The van der Waals surface area contributed by atoms with Gasteiger partial charge < -0.3 is 0 Å². The summed E-state index contributed by atoms with van der Waals surface area (Å²) in [4.78, 5) is 0. The van der Waals surface area contributed by atoms with Crippen LogP contribution in [-0.2, 0) is 0 Å². The van der Waals surface area contributed by atoms with E-state index >= 15 is 0 Å². The minimum atomic E-state index is 0.898. The van der Waals surface area contributed by atoms with Gasteiger partial charge in [-0.25, -0.2) is 0 Å². The van der Waals surface area contributed by atoms with Crippen LogP contribution < -0.4 is 0 Å². The van der Waals surface area contributed by atoms with Gasteiger partial charge in [-0.3, -0.25) is 0 Å². The maximum atomic E-state index is 3.63. The van der Waals surface area contributed by atoms with E-state index in [9.17, 15) is 0 Å². The summed E-state index contributed by atoms with van der Waals surface area (Å²) in [5, 5.41) is 0. The zero-order valence-corrected chi connectivity index (χ0v) is 16.6. The maximum absolute atomic E-state index is 3.63. The van der Waals surface area contributed by atoms with Crippen molar-refractivity contribution in [2.45, 2.75) is 39.0 Å². The van der Waals surface area contributed by atoms with E-state index in [0.29, 0.717) is 0 Å². The molecule has 2 aliphatic carbocycles. The highest BCUT2D eigenvalue weighted by molar-refractivity contribution is 5.53. The van der Waals surface area contributed by atoms with Gasteiger partial charge in [0, 0.05) is 0 Å². The highest BCUT2D eigenvalue weighted by Gasteiger charge is 2.14. The fourth-order valence-corrected chi connectivity index (χ4v) is 2.99. The average molecular weight is 357 g/mol. The molecule has 27 heavy (non-hydrogen) atoms. The van der Waals surface area contributed by atoms with Crippen LogP contribution in [0.15, 0.2) is 97.1 Å². The normalized spacial score (nSPS) is 18.5. The first-order valence-electron chi connectivity index (χ1n) is 9.93. The summed E-state index contributed by atoms with van der Waals surface area (Å²) in [5.41, 5.74) is 5.70. The van der Waals surface area contributed by atoms with Crippen molar-refractivity contribution in [2.24, 2.45) is 5.92 Å². The summed E-state index contributed by atoms with van der Waals surface area (Å²) in [6.07, 6.45) is 14.7. The standard InChI is InChI=1S/C13H16.C8H8.C6H8/c1-11-7-8-13(9-11)10-12-5-3-2-4-6-12;1-2-8-6-4-3-5-7-8;1-2-3-6-4-5-6/h2-6,10-11H,7-9H2,1H3;2-7H,1H2;2-3H,1,4-5H2. The first kappa shape index (κ1) is 20.7. The van der Waals surface area contributed by atoms with Crippen LogP contribution in [0.1, 0.15) is 50.2 Å². The molecule has 0 N–H and O–H groups in total. The summed E-state index contributed by atoms with van der Waals surface area (Å²) >= 11 is 0. The van der Waals surface area contributed by atoms with E-state index in [2.05, 4.69) is 62.6 Å². The van der Waals surface area contributed by atoms with Crippen molar-refractivity contribution in [1.82, 2.24) is 0 Å². The quantitative estimate of drug-likeness (QED) is 0.521. The summed E-state index contributed by atoms with van der Waals surface area (Å²) in [5.74, 6) is 0.898. The van der Waals surface area contributed by atoms with E-state index in [1.807, 2.05) is 42.5 Å². The Kier molecular flexibility index (Phi) is 9.13. The molecule has 0 aliphatic heterocycles. The van der Waals surface area contributed by atoms with Crippen LogP contribution >= 0.6 is 0 Å². The monoisotopic (exact) mass is 356 g/mol. The summed E-state index contributed by atoms with van der Waals surface area (Å²) in [7, 11) is 0. The number of hydrogen-bond acceptors (Lipinski definition) is 0. The van der Waals surface area contributed by atoms with Gasteiger partial charge in [0.25, 0.3) is 0 Å². The molecular weight excluding hydrogens is 324 g/mol. The van der Waals surface area contributed by atoms with Gasteiger partial charge in [0.2, 0.25) is 0 Å². The molecule has 2 fully saturated rings. The molecule has 2 saturated carbocycles. The highest BCUT2D eigenvalue weighted by Crippen LogP contribution is 2.30. The predicted molar refractivity (Wildman–Crippen MR) is 121 cm³/mol. The Morgan fingerprint density at radius 1 is 0.778 bits per heavy atom. The predicted octanol–water partition coefficient (Wildman–Crippen LogP) is 8.11. The molecule has 0 aromatic heterocycles. The second-order valence-electron chi connectivity index (χ2n) is 7.24. The third kappa shape index (κ3) is 9.06. The second-order valence-corrected chi connectivity index (χ2v) is 7.24. The third-order valence-electron chi connectivity index (χ3n) is 4.67. The molecule has 0 heteroatoms. The summed E-state index contributed by atoms with van der Waals surface area (Å²) in [6.45, 7) is 9.53. The molecule has 1 unspecified atom stereocenters. The van der Waals surface area contributed by atoms with E-state index in [-0.39, 0.29) is 0 Å². The molecule has 0 nitrogen and oxygen atoms in total. The molecule has 4 rings (SSSR count). The number of hydrogen-bond donors (Lipinski definition) is 0. The van der Waals surface area contributed by atoms with Crippen molar-refractivity contribution in [1.29, 1.82) is 0 Å². The molecule has 0 saturated heterocycles. The Morgan fingerprint density at radius 3 is 1.74 bits per heavy atom. The van der Waals surface area contributed by atoms with Gasteiger partial charge >= 0.3 is 0 Å². The van der Waals surface area contributed by atoms with Gasteiger partial charge in [-0.1, -0.05) is 116 Å². The lowest BCUT2D eigenvalue weighted by Crippen LogP contribution is -1.80. The molecular formula is C27H32. The van der Waals surface area contributed by atoms with Gasteiger partial charge in [0.15, 0.2) is 0 Å². The lowest BCUT2D eigenvalue weighted by atomic mass is 10.1. The lowest BCUT2D eigenvalue weighted by molar-refractivity contribution is 0.620. The number of allylic oxidation sites excluding steroid dienone is 4. The van der Waals surface area contributed by atoms with Crippen molar-refractivity contribution < 1.29 is 0 Å². The molecule has 140 valence electrons. The van der Waals surface area contributed by atoms with Crippen LogP contribution in [0.25, 0.3) is 12.2 Å². The Labute approximate surface area is 165 Å². The van der Waals surface area contributed by atoms with Crippen molar-refractivity contribution in [3.8, 4) is 0 Å². The largest absolute Gasteiger partial charge is 0.0991 e. The van der Waals surface area contributed by atoms with E-state index in [1.165, 1.54) is 43.2 Å². The smallest absolute Gasteiger partial charge is 0.0257 e. The molecule has 1 atom stereocenters. The minimum absolute atomic E-state index is 0.898. The van der Waals surface area contributed by atoms with Gasteiger partial charge in [-0.15, -0.1) is 0 Å². The molecule has 0 bridgehead atoms. The summed E-state index contributed by atoms with van der Waals surface area (Å²) < 4.78 is 0. The first-order valence-corrected chi connectivity index (χ1v) is 9.93. The maximum Gasteiger partial charge on any atom is -0.0257 e. The Morgan fingerprint density at radius 2 is 1.37 bits per heavy atom. The average Bonchev–Trinajstić information content (AvgIpc) is 3.44. The van der Waals surface area contributed by atoms with Crippen LogP contribution in [-0.4, -0.2) is 0 Å². The number of benzene rings is 2. The second kappa shape index (κ2) is 11.9. The van der Waals surface area contributed by atoms with Crippen LogP contribution in [0.5, 0.6) is 0 Å². The molecule has 2 aromatic carbocycles. The SMILES string of the molecule is C=CC=C1CC1.C=Cc1ccccc1.CC1CCC(=Cc2ccccc2)C1. The van der Waals surface area contributed by atoms with Crippen LogP contribution in [0.4, 0.5) is 0 Å². The Hall–Kier alpha value is -2.60. The van der Waals surface area contributed by atoms with E-state index < -0.39 is 0 Å². The molecule has 0 radical (unpaired) electrons. The van der Waals surface area contributed by atoms with Gasteiger partial charge in [0.1, 0.15) is 0 Å². The lowest BCUT2D eigenvalue weighted by Gasteiger charge is -1.97. The van der Waals surface area contributed by atoms with Gasteiger partial charge in [-0.05, 0) is 49.1 Å². The van der Waals surface area contributed by atoms with E-state index in [4.69, 9.17) is 0 Å². The zero-order valence-electron chi connectivity index (χ0n) is 16.6. The van der Waals surface area contributed by atoms with Crippen molar-refractivity contribution in [3.05, 3.63) is 108 Å².